The lowest BCUT2D eigenvalue weighted by atomic mass is 10.2. The van der Waals surface area contributed by atoms with Gasteiger partial charge in [-0.25, -0.2) is 8.78 Å². The first kappa shape index (κ1) is 16.3. The summed E-state index contributed by atoms with van der Waals surface area (Å²) in [5.41, 5.74) is 1.19. The minimum Gasteiger partial charge on any atom is -0.381 e. The van der Waals surface area contributed by atoms with Crippen LogP contribution in [0.4, 0.5) is 20.2 Å². The number of hydrogen-bond donors (Lipinski definition) is 2. The third-order valence-corrected chi connectivity index (χ3v) is 3.74. The van der Waals surface area contributed by atoms with Crippen LogP contribution in [0.3, 0.4) is 0 Å². The van der Waals surface area contributed by atoms with Gasteiger partial charge >= 0.3 is 0 Å². The van der Waals surface area contributed by atoms with Crippen molar-refractivity contribution in [3.63, 3.8) is 0 Å². The van der Waals surface area contributed by atoms with Crippen LogP contribution in [0.25, 0.3) is 0 Å². The second kappa shape index (κ2) is 7.35. The summed E-state index contributed by atoms with van der Waals surface area (Å²) in [6, 6.07) is 4.84. The molecule has 0 radical (unpaired) electrons. The highest BCUT2D eigenvalue weighted by atomic mass is 19.2. The number of benzene rings is 1. The maximum Gasteiger partial charge on any atom is 0.257 e. The van der Waals surface area contributed by atoms with Crippen molar-refractivity contribution < 1.29 is 18.3 Å². The Labute approximate surface area is 138 Å². The molecule has 24 heavy (non-hydrogen) atoms. The molecule has 1 amide bonds. The zero-order valence-corrected chi connectivity index (χ0v) is 12.9. The Hall–Kier alpha value is -2.54. The second-order valence-corrected chi connectivity index (χ2v) is 5.56. The van der Waals surface area contributed by atoms with E-state index >= 15 is 0 Å². The molecule has 2 N–H and O–H groups in total. The predicted octanol–water partition coefficient (Wildman–Crippen LogP) is 3.20. The molecular weight excluding hydrogens is 316 g/mol. The van der Waals surface area contributed by atoms with E-state index in [2.05, 4.69) is 15.6 Å². The van der Waals surface area contributed by atoms with Crippen molar-refractivity contribution in [3.8, 4) is 0 Å². The van der Waals surface area contributed by atoms with Gasteiger partial charge in [-0.2, -0.15) is 0 Å². The topological polar surface area (TPSA) is 63.2 Å². The van der Waals surface area contributed by atoms with Gasteiger partial charge in [-0.05, 0) is 31.0 Å². The molecule has 1 aliphatic heterocycles. The molecule has 1 aromatic carbocycles. The Morgan fingerprint density at radius 2 is 2.08 bits per heavy atom. The van der Waals surface area contributed by atoms with E-state index in [-0.39, 0.29) is 11.8 Å². The highest BCUT2D eigenvalue weighted by Crippen LogP contribution is 2.17. The van der Waals surface area contributed by atoms with Crippen LogP contribution >= 0.6 is 0 Å². The smallest absolute Gasteiger partial charge is 0.257 e. The molecule has 1 atom stereocenters. The first-order valence-corrected chi connectivity index (χ1v) is 7.69. The van der Waals surface area contributed by atoms with Gasteiger partial charge in [0.25, 0.3) is 5.91 Å². The monoisotopic (exact) mass is 333 g/mol. The highest BCUT2D eigenvalue weighted by molar-refractivity contribution is 6.04. The Morgan fingerprint density at radius 1 is 1.21 bits per heavy atom. The summed E-state index contributed by atoms with van der Waals surface area (Å²) >= 11 is 0. The van der Waals surface area contributed by atoms with E-state index in [1.165, 1.54) is 12.3 Å². The maximum atomic E-state index is 13.2. The molecule has 0 bridgehead atoms. The van der Waals surface area contributed by atoms with Crippen molar-refractivity contribution in [2.75, 3.05) is 23.8 Å². The molecule has 1 saturated heterocycles. The fraction of sp³-hybridized carbons (Fsp3) is 0.294. The zero-order chi connectivity index (χ0) is 16.9. The predicted molar refractivity (Wildman–Crippen MR) is 86.0 cm³/mol. The van der Waals surface area contributed by atoms with Crippen LogP contribution < -0.4 is 10.6 Å². The van der Waals surface area contributed by atoms with Crippen molar-refractivity contribution >= 4 is 17.3 Å². The number of halogens is 2. The number of nitrogens with zero attached hydrogens (tertiary/aromatic N) is 1. The molecule has 1 aliphatic rings. The zero-order valence-electron chi connectivity index (χ0n) is 12.9. The van der Waals surface area contributed by atoms with Crippen molar-refractivity contribution in [1.29, 1.82) is 0 Å². The Kier molecular flexibility index (Phi) is 5.00. The van der Waals surface area contributed by atoms with Crippen molar-refractivity contribution in [2.24, 2.45) is 0 Å². The summed E-state index contributed by atoms with van der Waals surface area (Å²) < 4.78 is 31.6. The van der Waals surface area contributed by atoms with E-state index in [1.807, 2.05) is 0 Å². The average Bonchev–Trinajstić information content (AvgIpc) is 3.10. The molecule has 7 heteroatoms. The minimum atomic E-state index is -1.02. The van der Waals surface area contributed by atoms with E-state index in [4.69, 9.17) is 4.74 Å². The van der Waals surface area contributed by atoms with Crippen molar-refractivity contribution in [1.82, 2.24) is 4.98 Å². The summed E-state index contributed by atoms with van der Waals surface area (Å²) in [5.74, 6) is -2.43. The van der Waals surface area contributed by atoms with Gasteiger partial charge in [-0.1, -0.05) is 0 Å². The fourth-order valence-electron chi connectivity index (χ4n) is 2.47. The summed E-state index contributed by atoms with van der Waals surface area (Å²) in [5, 5.41) is 5.70. The highest BCUT2D eigenvalue weighted by Gasteiger charge is 2.15. The number of aromatic nitrogens is 1. The van der Waals surface area contributed by atoms with Gasteiger partial charge in [0.2, 0.25) is 0 Å². The molecule has 1 unspecified atom stereocenters. The van der Waals surface area contributed by atoms with E-state index in [0.29, 0.717) is 17.8 Å². The average molecular weight is 333 g/mol. The molecule has 2 heterocycles. The molecule has 126 valence electrons. The number of rotatable bonds is 5. The summed E-state index contributed by atoms with van der Waals surface area (Å²) in [6.07, 6.45) is 5.26. The summed E-state index contributed by atoms with van der Waals surface area (Å²) in [6.45, 7) is 1.43. The quantitative estimate of drug-likeness (QED) is 0.882. The SMILES string of the molecule is O=C(Nc1ccc(F)c(F)c1)c1cncc(NCC2CCCO2)c1. The van der Waals surface area contributed by atoms with E-state index in [9.17, 15) is 13.6 Å². The number of amides is 1. The summed E-state index contributed by atoms with van der Waals surface area (Å²) in [7, 11) is 0. The van der Waals surface area contributed by atoms with Gasteiger partial charge in [0.05, 0.1) is 17.4 Å². The molecule has 2 aromatic rings. The van der Waals surface area contributed by atoms with Crippen LogP contribution in [-0.2, 0) is 4.74 Å². The molecule has 1 fully saturated rings. The normalized spacial score (nSPS) is 16.8. The largest absolute Gasteiger partial charge is 0.381 e. The molecule has 0 spiro atoms. The van der Waals surface area contributed by atoms with Gasteiger partial charge < -0.3 is 15.4 Å². The second-order valence-electron chi connectivity index (χ2n) is 5.56. The lowest BCUT2D eigenvalue weighted by molar-refractivity contribution is 0.102. The maximum absolute atomic E-state index is 13.2. The fourth-order valence-corrected chi connectivity index (χ4v) is 2.47. The molecule has 1 aromatic heterocycles. The third kappa shape index (κ3) is 4.05. The van der Waals surface area contributed by atoms with E-state index in [0.717, 1.165) is 31.6 Å². The number of hydrogen-bond acceptors (Lipinski definition) is 4. The molecule has 5 nitrogen and oxygen atoms in total. The van der Waals surface area contributed by atoms with Gasteiger partial charge in [0.1, 0.15) is 0 Å². The lowest BCUT2D eigenvalue weighted by Crippen LogP contribution is -2.19. The minimum absolute atomic E-state index is 0.171. The molecule has 0 saturated carbocycles. The van der Waals surface area contributed by atoms with Crippen molar-refractivity contribution in [2.45, 2.75) is 18.9 Å². The number of ether oxygens (including phenoxy) is 1. The molecular formula is C17H17F2N3O2. The van der Waals surface area contributed by atoms with Crippen LogP contribution in [0.2, 0.25) is 0 Å². The Bertz CT molecular complexity index is 734. The van der Waals surface area contributed by atoms with Crippen LogP contribution in [0, 0.1) is 11.6 Å². The van der Waals surface area contributed by atoms with Gasteiger partial charge in [0.15, 0.2) is 11.6 Å². The molecule has 3 rings (SSSR count). The van der Waals surface area contributed by atoms with Gasteiger partial charge in [-0.15, -0.1) is 0 Å². The standard InChI is InChI=1S/C17H17F2N3O2/c18-15-4-3-12(7-16(15)19)22-17(23)11-6-13(9-20-8-11)21-10-14-2-1-5-24-14/h3-4,6-9,14,21H,1-2,5,10H2,(H,22,23). The van der Waals surface area contributed by atoms with Crippen LogP contribution in [0.15, 0.2) is 36.7 Å². The van der Waals surface area contributed by atoms with Gasteiger partial charge in [-0.3, -0.25) is 9.78 Å². The van der Waals surface area contributed by atoms with Gasteiger partial charge in [0, 0.05) is 37.3 Å². The van der Waals surface area contributed by atoms with Crippen LogP contribution in [-0.4, -0.2) is 30.1 Å². The first-order chi connectivity index (χ1) is 11.6. The number of anilines is 2. The lowest BCUT2D eigenvalue weighted by Gasteiger charge is -2.12. The third-order valence-electron chi connectivity index (χ3n) is 3.74. The number of carbonyl (C=O) groups excluding carboxylic acids is 1. The molecule has 0 aliphatic carbocycles. The van der Waals surface area contributed by atoms with E-state index in [1.54, 1.807) is 12.3 Å². The summed E-state index contributed by atoms with van der Waals surface area (Å²) in [4.78, 5) is 16.2. The Morgan fingerprint density at radius 3 is 2.83 bits per heavy atom. The van der Waals surface area contributed by atoms with Crippen LogP contribution in [0.5, 0.6) is 0 Å². The number of pyridine rings is 1. The first-order valence-electron chi connectivity index (χ1n) is 7.69. The van der Waals surface area contributed by atoms with Crippen LogP contribution in [0.1, 0.15) is 23.2 Å². The number of carbonyl (C=O) groups is 1. The van der Waals surface area contributed by atoms with E-state index < -0.39 is 17.5 Å². The number of nitrogens with one attached hydrogen (secondary N) is 2. The Balaban J connectivity index is 1.63. The van der Waals surface area contributed by atoms with Crippen molar-refractivity contribution in [3.05, 3.63) is 53.9 Å².